The van der Waals surface area contributed by atoms with Gasteiger partial charge in [-0.25, -0.2) is 0 Å². The molecule has 3 heterocycles. The van der Waals surface area contributed by atoms with Crippen LogP contribution in [0.2, 0.25) is 0 Å². The summed E-state index contributed by atoms with van der Waals surface area (Å²) < 4.78 is 1.79. The van der Waals surface area contributed by atoms with Crippen molar-refractivity contribution in [2.75, 3.05) is 0 Å². The van der Waals surface area contributed by atoms with Crippen molar-refractivity contribution in [2.24, 2.45) is 0 Å². The van der Waals surface area contributed by atoms with Gasteiger partial charge in [-0.05, 0) is 56.2 Å². The minimum Gasteiger partial charge on any atom is -0.332 e. The molecule has 0 bridgehead atoms. The summed E-state index contributed by atoms with van der Waals surface area (Å²) in [5.74, 6) is 0.0249. The summed E-state index contributed by atoms with van der Waals surface area (Å²) >= 11 is 0. The highest BCUT2D eigenvalue weighted by molar-refractivity contribution is 5.80. The minimum absolute atomic E-state index is 0.0249. The molecule has 0 N–H and O–H groups in total. The number of rotatable bonds is 6. The number of pyridine rings is 2. The molecule has 0 radical (unpaired) electrons. The lowest BCUT2D eigenvalue weighted by Gasteiger charge is -2.26. The SMILES string of the molecule is Cc1cc(C)n([C@@H](C)C(=O)N(Cc2ccncc2)Cc2cccnc2)n1. The van der Waals surface area contributed by atoms with E-state index >= 15 is 0 Å². The third-order valence-corrected chi connectivity index (χ3v) is 4.30. The van der Waals surface area contributed by atoms with E-state index in [9.17, 15) is 4.79 Å². The topological polar surface area (TPSA) is 63.9 Å². The van der Waals surface area contributed by atoms with Crippen molar-refractivity contribution in [1.29, 1.82) is 0 Å². The van der Waals surface area contributed by atoms with Crippen LogP contribution in [0.5, 0.6) is 0 Å². The molecule has 0 spiro atoms. The smallest absolute Gasteiger partial charge is 0.247 e. The molecule has 0 fully saturated rings. The third kappa shape index (κ3) is 4.14. The van der Waals surface area contributed by atoms with Crippen LogP contribution in [0.15, 0.2) is 55.1 Å². The van der Waals surface area contributed by atoms with Crippen LogP contribution in [-0.2, 0) is 17.9 Å². The Kier molecular flexibility index (Phi) is 5.41. The van der Waals surface area contributed by atoms with Gasteiger partial charge in [0, 0.05) is 43.6 Å². The number of carbonyl (C=O) groups is 1. The summed E-state index contributed by atoms with van der Waals surface area (Å²) in [6.45, 7) is 6.81. The van der Waals surface area contributed by atoms with Gasteiger partial charge in [0.05, 0.1) is 5.69 Å². The molecular weight excluding hydrogens is 326 g/mol. The maximum Gasteiger partial charge on any atom is 0.247 e. The Morgan fingerprint density at radius 3 is 2.42 bits per heavy atom. The molecule has 134 valence electrons. The fraction of sp³-hybridized carbons (Fsp3) is 0.300. The largest absolute Gasteiger partial charge is 0.332 e. The Balaban J connectivity index is 1.86. The summed E-state index contributed by atoms with van der Waals surface area (Å²) in [5.41, 5.74) is 3.93. The second-order valence-corrected chi connectivity index (χ2v) is 6.46. The molecule has 0 aliphatic carbocycles. The zero-order valence-electron chi connectivity index (χ0n) is 15.3. The number of amides is 1. The van der Waals surface area contributed by atoms with Crippen LogP contribution in [0.3, 0.4) is 0 Å². The van der Waals surface area contributed by atoms with Crippen LogP contribution < -0.4 is 0 Å². The minimum atomic E-state index is -0.373. The van der Waals surface area contributed by atoms with E-state index in [1.54, 1.807) is 29.5 Å². The van der Waals surface area contributed by atoms with Crippen LogP contribution in [-0.4, -0.2) is 30.6 Å². The molecule has 3 aromatic heterocycles. The molecule has 0 aromatic carbocycles. The maximum atomic E-state index is 13.2. The monoisotopic (exact) mass is 349 g/mol. The van der Waals surface area contributed by atoms with E-state index in [4.69, 9.17) is 0 Å². The number of carbonyl (C=O) groups excluding carboxylic acids is 1. The molecule has 0 saturated carbocycles. The van der Waals surface area contributed by atoms with Gasteiger partial charge in [0.15, 0.2) is 0 Å². The number of hydrogen-bond donors (Lipinski definition) is 0. The van der Waals surface area contributed by atoms with Gasteiger partial charge in [0.2, 0.25) is 5.91 Å². The van der Waals surface area contributed by atoms with E-state index in [1.807, 2.05) is 56.0 Å². The second kappa shape index (κ2) is 7.91. The Morgan fingerprint density at radius 1 is 1.08 bits per heavy atom. The van der Waals surface area contributed by atoms with Gasteiger partial charge in [0.1, 0.15) is 6.04 Å². The van der Waals surface area contributed by atoms with Crippen LogP contribution in [0.1, 0.15) is 35.5 Å². The van der Waals surface area contributed by atoms with Crippen molar-refractivity contribution < 1.29 is 4.79 Å². The summed E-state index contributed by atoms with van der Waals surface area (Å²) in [6.07, 6.45) is 7.01. The van der Waals surface area contributed by atoms with E-state index in [1.165, 1.54) is 0 Å². The first-order valence-corrected chi connectivity index (χ1v) is 8.64. The van der Waals surface area contributed by atoms with E-state index < -0.39 is 0 Å². The first-order chi connectivity index (χ1) is 12.5. The average molecular weight is 349 g/mol. The van der Waals surface area contributed by atoms with Gasteiger partial charge in [-0.15, -0.1) is 0 Å². The molecule has 1 atom stereocenters. The Labute approximate surface area is 153 Å². The zero-order valence-corrected chi connectivity index (χ0v) is 15.3. The fourth-order valence-corrected chi connectivity index (χ4v) is 3.04. The standard InChI is InChI=1S/C20H23N5O/c1-15-11-16(2)25(23-15)17(3)20(26)24(13-18-6-9-21-10-7-18)14-19-5-4-8-22-12-19/h4-12,17H,13-14H2,1-3H3/t17-/m0/s1. The van der Waals surface area contributed by atoms with Gasteiger partial charge < -0.3 is 4.90 Å². The second-order valence-electron chi connectivity index (χ2n) is 6.46. The Hall–Kier alpha value is -3.02. The lowest BCUT2D eigenvalue weighted by atomic mass is 10.2. The van der Waals surface area contributed by atoms with Crippen LogP contribution >= 0.6 is 0 Å². The normalized spacial score (nSPS) is 12.0. The van der Waals surface area contributed by atoms with Crippen LogP contribution in [0.25, 0.3) is 0 Å². The average Bonchev–Trinajstić information content (AvgIpc) is 3.00. The highest BCUT2D eigenvalue weighted by atomic mass is 16.2. The molecule has 3 rings (SSSR count). The summed E-state index contributed by atoms with van der Waals surface area (Å²) in [6, 6.07) is 9.33. The summed E-state index contributed by atoms with van der Waals surface area (Å²) in [5, 5.41) is 4.47. The molecule has 1 amide bonds. The third-order valence-electron chi connectivity index (χ3n) is 4.30. The molecule has 0 aliphatic rings. The predicted octanol–water partition coefficient (Wildman–Crippen LogP) is 3.08. The molecule has 6 nitrogen and oxygen atoms in total. The van der Waals surface area contributed by atoms with Crippen molar-refractivity contribution in [1.82, 2.24) is 24.6 Å². The van der Waals surface area contributed by atoms with Crippen molar-refractivity contribution in [3.05, 3.63) is 77.6 Å². The molecule has 3 aromatic rings. The quantitative estimate of drug-likeness (QED) is 0.686. The van der Waals surface area contributed by atoms with Gasteiger partial charge in [-0.3, -0.25) is 19.4 Å². The summed E-state index contributed by atoms with van der Waals surface area (Å²) in [7, 11) is 0. The van der Waals surface area contributed by atoms with Crippen molar-refractivity contribution in [3.63, 3.8) is 0 Å². The van der Waals surface area contributed by atoms with Gasteiger partial charge in [-0.2, -0.15) is 5.10 Å². The number of nitrogens with zero attached hydrogens (tertiary/aromatic N) is 5. The number of aromatic nitrogens is 4. The Morgan fingerprint density at radius 2 is 1.81 bits per heavy atom. The predicted molar refractivity (Wildman–Crippen MR) is 99.1 cm³/mol. The van der Waals surface area contributed by atoms with Crippen molar-refractivity contribution in [3.8, 4) is 0 Å². The number of aryl methyl sites for hydroxylation is 2. The van der Waals surface area contributed by atoms with Gasteiger partial charge in [-0.1, -0.05) is 6.07 Å². The van der Waals surface area contributed by atoms with Gasteiger partial charge in [0.25, 0.3) is 0 Å². The highest BCUT2D eigenvalue weighted by Crippen LogP contribution is 2.18. The molecule has 0 unspecified atom stereocenters. The van der Waals surface area contributed by atoms with E-state index in [0.29, 0.717) is 13.1 Å². The first-order valence-electron chi connectivity index (χ1n) is 8.64. The molecule has 0 saturated heterocycles. The van der Waals surface area contributed by atoms with Crippen molar-refractivity contribution in [2.45, 2.75) is 39.9 Å². The van der Waals surface area contributed by atoms with Gasteiger partial charge >= 0.3 is 0 Å². The number of hydrogen-bond acceptors (Lipinski definition) is 4. The zero-order chi connectivity index (χ0) is 18.5. The molecule has 6 heteroatoms. The highest BCUT2D eigenvalue weighted by Gasteiger charge is 2.24. The van der Waals surface area contributed by atoms with Crippen LogP contribution in [0.4, 0.5) is 0 Å². The van der Waals surface area contributed by atoms with Crippen molar-refractivity contribution >= 4 is 5.91 Å². The lowest BCUT2D eigenvalue weighted by molar-refractivity contribution is -0.136. The maximum absolute atomic E-state index is 13.2. The first kappa shape index (κ1) is 17.8. The Bertz CT molecular complexity index is 819. The molecule has 26 heavy (non-hydrogen) atoms. The molecule has 0 aliphatic heterocycles. The van der Waals surface area contributed by atoms with E-state index in [2.05, 4.69) is 15.1 Å². The molecular formula is C20H23N5O. The lowest BCUT2D eigenvalue weighted by Crippen LogP contribution is -2.36. The van der Waals surface area contributed by atoms with E-state index in [-0.39, 0.29) is 11.9 Å². The van der Waals surface area contributed by atoms with E-state index in [0.717, 1.165) is 22.5 Å². The van der Waals surface area contributed by atoms with Crippen LogP contribution in [0, 0.1) is 13.8 Å². The summed E-state index contributed by atoms with van der Waals surface area (Å²) in [4.78, 5) is 23.3. The fourth-order valence-electron chi connectivity index (χ4n) is 3.04.